The molecule has 1 aromatic rings. The van der Waals surface area contributed by atoms with Crippen LogP contribution in [0.2, 0.25) is 0 Å². The summed E-state index contributed by atoms with van der Waals surface area (Å²) < 4.78 is 5.44. The van der Waals surface area contributed by atoms with E-state index in [0.717, 1.165) is 43.7 Å². The normalized spacial score (nSPS) is 20.1. The highest BCUT2D eigenvalue weighted by Crippen LogP contribution is 2.20. The Morgan fingerprint density at radius 2 is 2.17 bits per heavy atom. The lowest BCUT2D eigenvalue weighted by atomic mass is 10.1. The van der Waals surface area contributed by atoms with Gasteiger partial charge >= 0.3 is 0 Å². The van der Waals surface area contributed by atoms with E-state index in [0.29, 0.717) is 6.04 Å². The van der Waals surface area contributed by atoms with Crippen LogP contribution in [0.1, 0.15) is 24.8 Å². The van der Waals surface area contributed by atoms with Crippen molar-refractivity contribution in [1.82, 2.24) is 0 Å². The second kappa shape index (κ2) is 6.40. The second-order valence-corrected chi connectivity index (χ2v) is 4.68. The van der Waals surface area contributed by atoms with Gasteiger partial charge in [-0.2, -0.15) is 0 Å². The third-order valence-corrected chi connectivity index (χ3v) is 3.19. The molecule has 1 atom stereocenters. The first-order valence-electron chi connectivity index (χ1n) is 6.46. The van der Waals surface area contributed by atoms with Crippen molar-refractivity contribution in [3.8, 4) is 0 Å². The van der Waals surface area contributed by atoms with Gasteiger partial charge in [0, 0.05) is 24.9 Å². The summed E-state index contributed by atoms with van der Waals surface area (Å²) >= 11 is 0. The van der Waals surface area contributed by atoms with E-state index in [1.807, 2.05) is 24.3 Å². The van der Waals surface area contributed by atoms with E-state index in [1.54, 1.807) is 0 Å². The third-order valence-electron chi connectivity index (χ3n) is 3.19. The highest BCUT2D eigenvalue weighted by Gasteiger charge is 2.14. The molecule has 3 N–H and O–H groups in total. The van der Waals surface area contributed by atoms with Gasteiger partial charge in [-0.05, 0) is 30.9 Å². The summed E-state index contributed by atoms with van der Waals surface area (Å²) in [7, 11) is 0. The van der Waals surface area contributed by atoms with Gasteiger partial charge in [0.25, 0.3) is 0 Å². The van der Waals surface area contributed by atoms with Gasteiger partial charge in [0.05, 0.1) is 6.42 Å². The molecule has 1 saturated heterocycles. The lowest BCUT2D eigenvalue weighted by Gasteiger charge is -2.19. The van der Waals surface area contributed by atoms with Crippen molar-refractivity contribution >= 4 is 11.6 Å². The Hall–Kier alpha value is -1.55. The number of ether oxygens (including phenoxy) is 1. The topological polar surface area (TPSA) is 64.4 Å². The number of nitrogens with one attached hydrogen (secondary N) is 1. The molecular formula is C14H20N2O2. The molecule has 1 aromatic carbocycles. The van der Waals surface area contributed by atoms with Gasteiger partial charge in [0.2, 0.25) is 5.91 Å². The van der Waals surface area contributed by atoms with Crippen LogP contribution in [0, 0.1) is 0 Å². The molecule has 4 nitrogen and oxygen atoms in total. The molecule has 1 aliphatic rings. The fraction of sp³-hybridized carbons (Fsp3) is 0.500. The number of benzene rings is 1. The molecule has 1 unspecified atom stereocenters. The number of hydrogen-bond donors (Lipinski definition) is 2. The van der Waals surface area contributed by atoms with Crippen LogP contribution >= 0.6 is 0 Å². The van der Waals surface area contributed by atoms with E-state index in [2.05, 4.69) is 5.32 Å². The molecule has 98 valence electrons. The first kappa shape index (κ1) is 12.9. The van der Waals surface area contributed by atoms with Gasteiger partial charge in [-0.3, -0.25) is 4.79 Å². The molecule has 4 heteroatoms. The molecule has 0 bridgehead atoms. The van der Waals surface area contributed by atoms with Crippen molar-refractivity contribution in [2.75, 3.05) is 18.5 Å². The molecule has 1 fully saturated rings. The maximum Gasteiger partial charge on any atom is 0.221 e. The maximum absolute atomic E-state index is 11.0. The van der Waals surface area contributed by atoms with Crippen LogP contribution in [0.5, 0.6) is 0 Å². The molecule has 0 spiro atoms. The summed E-state index contributed by atoms with van der Waals surface area (Å²) in [5.41, 5.74) is 7.25. The Labute approximate surface area is 108 Å². The highest BCUT2D eigenvalue weighted by molar-refractivity contribution is 5.78. The number of anilines is 1. The fourth-order valence-electron chi connectivity index (χ4n) is 2.27. The monoisotopic (exact) mass is 248 g/mol. The molecule has 18 heavy (non-hydrogen) atoms. The van der Waals surface area contributed by atoms with Crippen LogP contribution in [-0.2, 0) is 16.0 Å². The van der Waals surface area contributed by atoms with Gasteiger partial charge in [0.1, 0.15) is 0 Å². The number of rotatable bonds is 4. The minimum Gasteiger partial charge on any atom is -0.382 e. The van der Waals surface area contributed by atoms with E-state index in [9.17, 15) is 4.79 Å². The Morgan fingerprint density at radius 3 is 3.00 bits per heavy atom. The first-order valence-corrected chi connectivity index (χ1v) is 6.46. The van der Waals surface area contributed by atoms with Gasteiger partial charge in [-0.15, -0.1) is 0 Å². The van der Waals surface area contributed by atoms with E-state index in [-0.39, 0.29) is 12.3 Å². The molecule has 0 radical (unpaired) electrons. The number of para-hydroxylation sites is 1. The van der Waals surface area contributed by atoms with Crippen molar-refractivity contribution in [3.63, 3.8) is 0 Å². The Balaban J connectivity index is 2.04. The smallest absolute Gasteiger partial charge is 0.221 e. The quantitative estimate of drug-likeness (QED) is 0.852. The molecule has 0 aromatic heterocycles. The summed E-state index contributed by atoms with van der Waals surface area (Å²) in [6.07, 6.45) is 3.47. The zero-order chi connectivity index (χ0) is 12.8. The van der Waals surface area contributed by atoms with Crippen molar-refractivity contribution in [1.29, 1.82) is 0 Å². The lowest BCUT2D eigenvalue weighted by Crippen LogP contribution is -2.21. The second-order valence-electron chi connectivity index (χ2n) is 4.68. The summed E-state index contributed by atoms with van der Waals surface area (Å²) in [6.45, 7) is 1.65. The third kappa shape index (κ3) is 3.74. The van der Waals surface area contributed by atoms with Crippen LogP contribution in [-0.4, -0.2) is 25.2 Å². The van der Waals surface area contributed by atoms with Crippen LogP contribution in [0.25, 0.3) is 0 Å². The summed E-state index contributed by atoms with van der Waals surface area (Å²) in [4.78, 5) is 11.0. The Kier molecular flexibility index (Phi) is 4.59. The average molecular weight is 248 g/mol. The fourth-order valence-corrected chi connectivity index (χ4v) is 2.27. The van der Waals surface area contributed by atoms with Gasteiger partial charge in [-0.1, -0.05) is 18.2 Å². The number of hydrogen-bond acceptors (Lipinski definition) is 3. The van der Waals surface area contributed by atoms with Crippen LogP contribution in [0.4, 0.5) is 5.69 Å². The molecule has 0 aliphatic carbocycles. The molecule has 0 saturated carbocycles. The van der Waals surface area contributed by atoms with Gasteiger partial charge in [-0.25, -0.2) is 0 Å². The summed E-state index contributed by atoms with van der Waals surface area (Å²) in [6, 6.07) is 8.27. The molecule has 2 rings (SSSR count). The lowest BCUT2D eigenvalue weighted by molar-refractivity contribution is -0.117. The summed E-state index contributed by atoms with van der Waals surface area (Å²) in [5, 5.41) is 3.51. The molecule has 1 amide bonds. The zero-order valence-corrected chi connectivity index (χ0v) is 10.5. The number of amides is 1. The maximum atomic E-state index is 11.0. The number of carbonyl (C=O) groups is 1. The van der Waals surface area contributed by atoms with Crippen molar-refractivity contribution in [2.24, 2.45) is 5.73 Å². The largest absolute Gasteiger partial charge is 0.382 e. The highest BCUT2D eigenvalue weighted by atomic mass is 16.5. The van der Waals surface area contributed by atoms with E-state index in [1.165, 1.54) is 0 Å². The van der Waals surface area contributed by atoms with E-state index < -0.39 is 0 Å². The predicted octanol–water partition coefficient (Wildman–Crippen LogP) is 1.70. The van der Waals surface area contributed by atoms with Crippen LogP contribution < -0.4 is 11.1 Å². The first-order chi connectivity index (χ1) is 8.75. The minimum absolute atomic E-state index is 0.284. The number of nitrogens with two attached hydrogens (primary N) is 1. The average Bonchev–Trinajstić information content (AvgIpc) is 2.60. The summed E-state index contributed by atoms with van der Waals surface area (Å²) in [5.74, 6) is -0.298. The Morgan fingerprint density at radius 1 is 1.33 bits per heavy atom. The standard InChI is InChI=1S/C14H20N2O2/c15-14(17)10-11-4-1-2-6-13(11)16-12-5-3-8-18-9-7-12/h1-2,4,6,12,16H,3,5,7-10H2,(H2,15,17). The SMILES string of the molecule is NC(=O)Cc1ccccc1NC1CCCOCC1. The molecular weight excluding hydrogens is 228 g/mol. The number of carbonyl (C=O) groups excluding carboxylic acids is 1. The minimum atomic E-state index is -0.298. The Bertz CT molecular complexity index is 399. The zero-order valence-electron chi connectivity index (χ0n) is 10.5. The van der Waals surface area contributed by atoms with Crippen molar-refractivity contribution in [3.05, 3.63) is 29.8 Å². The van der Waals surface area contributed by atoms with Crippen LogP contribution in [0.3, 0.4) is 0 Å². The van der Waals surface area contributed by atoms with E-state index in [4.69, 9.17) is 10.5 Å². The molecule has 1 heterocycles. The van der Waals surface area contributed by atoms with Crippen molar-refractivity contribution < 1.29 is 9.53 Å². The van der Waals surface area contributed by atoms with Crippen LogP contribution in [0.15, 0.2) is 24.3 Å². The van der Waals surface area contributed by atoms with Crippen molar-refractivity contribution in [2.45, 2.75) is 31.7 Å². The van der Waals surface area contributed by atoms with Gasteiger partial charge < -0.3 is 15.8 Å². The molecule has 1 aliphatic heterocycles. The number of primary amides is 1. The predicted molar refractivity (Wildman–Crippen MR) is 71.4 cm³/mol. The van der Waals surface area contributed by atoms with Gasteiger partial charge in [0.15, 0.2) is 0 Å². The van der Waals surface area contributed by atoms with E-state index >= 15 is 0 Å².